The molecule has 0 aromatic heterocycles. The Labute approximate surface area is 146 Å². The summed E-state index contributed by atoms with van der Waals surface area (Å²) in [5, 5.41) is 3.52. The maximum atomic E-state index is 12.2. The third-order valence-corrected chi connectivity index (χ3v) is 4.40. The zero-order chi connectivity index (χ0) is 16.5. The summed E-state index contributed by atoms with van der Waals surface area (Å²) < 4.78 is 5.72. The summed E-state index contributed by atoms with van der Waals surface area (Å²) in [4.78, 5) is 13.4. The van der Waals surface area contributed by atoms with Crippen LogP contribution in [0.15, 0.2) is 59.5 Å². The Morgan fingerprint density at radius 3 is 2.70 bits per heavy atom. The highest BCUT2D eigenvalue weighted by atomic mass is 35.5. The van der Waals surface area contributed by atoms with Crippen molar-refractivity contribution >= 4 is 29.3 Å². The van der Waals surface area contributed by atoms with Crippen molar-refractivity contribution in [3.05, 3.63) is 59.6 Å². The fourth-order valence-electron chi connectivity index (χ4n) is 2.00. The Hall–Kier alpha value is -1.65. The number of ether oxygens (including phenoxy) is 1. The SMILES string of the molecule is CC[C@H](Oc1cccc(Cl)c1)C(=O)NCCSc1ccccc1. The van der Waals surface area contributed by atoms with E-state index in [2.05, 4.69) is 17.4 Å². The van der Waals surface area contributed by atoms with Crippen molar-refractivity contribution in [3.8, 4) is 5.75 Å². The monoisotopic (exact) mass is 349 g/mol. The Morgan fingerprint density at radius 1 is 1.22 bits per heavy atom. The van der Waals surface area contributed by atoms with E-state index < -0.39 is 6.10 Å². The summed E-state index contributed by atoms with van der Waals surface area (Å²) in [6.07, 6.45) is 0.0969. The van der Waals surface area contributed by atoms with Gasteiger partial charge in [-0.1, -0.05) is 42.8 Å². The quantitative estimate of drug-likeness (QED) is 0.567. The fourth-order valence-corrected chi connectivity index (χ4v) is 2.97. The molecular formula is C18H20ClNO2S. The molecule has 0 unspecified atom stereocenters. The lowest BCUT2D eigenvalue weighted by Gasteiger charge is -2.17. The first-order valence-corrected chi connectivity index (χ1v) is 8.93. The van der Waals surface area contributed by atoms with Crippen LogP contribution in [-0.4, -0.2) is 24.3 Å². The van der Waals surface area contributed by atoms with Crippen molar-refractivity contribution in [2.24, 2.45) is 0 Å². The van der Waals surface area contributed by atoms with Gasteiger partial charge in [0.15, 0.2) is 6.10 Å². The van der Waals surface area contributed by atoms with Crippen LogP contribution >= 0.6 is 23.4 Å². The van der Waals surface area contributed by atoms with Gasteiger partial charge in [0.2, 0.25) is 0 Å². The Balaban J connectivity index is 1.76. The zero-order valence-corrected chi connectivity index (χ0v) is 14.6. The highest BCUT2D eigenvalue weighted by Gasteiger charge is 2.17. The molecule has 1 amide bonds. The maximum Gasteiger partial charge on any atom is 0.261 e. The van der Waals surface area contributed by atoms with Gasteiger partial charge in [-0.3, -0.25) is 4.79 Å². The van der Waals surface area contributed by atoms with Gasteiger partial charge in [0.1, 0.15) is 5.75 Å². The lowest BCUT2D eigenvalue weighted by molar-refractivity contribution is -0.127. The summed E-state index contributed by atoms with van der Waals surface area (Å²) in [5.74, 6) is 1.34. The van der Waals surface area contributed by atoms with Gasteiger partial charge in [-0.25, -0.2) is 0 Å². The minimum absolute atomic E-state index is 0.0962. The van der Waals surface area contributed by atoms with Crippen molar-refractivity contribution in [2.45, 2.75) is 24.3 Å². The molecule has 0 bridgehead atoms. The molecule has 0 aliphatic carbocycles. The standard InChI is InChI=1S/C18H20ClNO2S/c1-2-17(22-15-8-6-7-14(19)13-15)18(21)20-11-12-23-16-9-4-3-5-10-16/h3-10,13,17H,2,11-12H2,1H3,(H,20,21)/t17-/m0/s1. The van der Waals surface area contributed by atoms with E-state index in [9.17, 15) is 4.79 Å². The topological polar surface area (TPSA) is 38.3 Å². The second-order valence-corrected chi connectivity index (χ2v) is 6.53. The van der Waals surface area contributed by atoms with Crippen LogP contribution in [0.4, 0.5) is 0 Å². The summed E-state index contributed by atoms with van der Waals surface area (Å²) in [5.41, 5.74) is 0. The normalized spacial score (nSPS) is 11.7. The molecule has 23 heavy (non-hydrogen) atoms. The first-order valence-electron chi connectivity index (χ1n) is 7.57. The van der Waals surface area contributed by atoms with Crippen molar-refractivity contribution in [2.75, 3.05) is 12.3 Å². The summed E-state index contributed by atoms with van der Waals surface area (Å²) >= 11 is 7.64. The molecule has 0 saturated carbocycles. The van der Waals surface area contributed by atoms with Gasteiger partial charge in [0.05, 0.1) is 0 Å². The third-order valence-electron chi connectivity index (χ3n) is 3.15. The van der Waals surface area contributed by atoms with Crippen LogP contribution in [0, 0.1) is 0 Å². The van der Waals surface area contributed by atoms with Crippen molar-refractivity contribution in [3.63, 3.8) is 0 Å². The fraction of sp³-hybridized carbons (Fsp3) is 0.278. The zero-order valence-electron chi connectivity index (χ0n) is 13.0. The van der Waals surface area contributed by atoms with Gasteiger partial charge in [0.25, 0.3) is 5.91 Å². The van der Waals surface area contributed by atoms with E-state index in [1.807, 2.05) is 25.1 Å². The average molecular weight is 350 g/mol. The van der Waals surface area contributed by atoms with Gasteiger partial charge < -0.3 is 10.1 Å². The molecule has 122 valence electrons. The van der Waals surface area contributed by atoms with Crippen molar-refractivity contribution in [1.29, 1.82) is 0 Å². The molecule has 2 rings (SSSR count). The van der Waals surface area contributed by atoms with Crippen LogP contribution in [0.2, 0.25) is 5.02 Å². The maximum absolute atomic E-state index is 12.2. The lowest BCUT2D eigenvalue weighted by atomic mass is 10.2. The predicted molar refractivity (Wildman–Crippen MR) is 96.3 cm³/mol. The number of carbonyl (C=O) groups is 1. The number of carbonyl (C=O) groups excluding carboxylic acids is 1. The highest BCUT2D eigenvalue weighted by molar-refractivity contribution is 7.99. The Kier molecular flexibility index (Phi) is 7.30. The van der Waals surface area contributed by atoms with Gasteiger partial charge >= 0.3 is 0 Å². The molecule has 0 aliphatic rings. The average Bonchev–Trinajstić information content (AvgIpc) is 2.57. The van der Waals surface area contributed by atoms with Crippen LogP contribution in [-0.2, 0) is 4.79 Å². The predicted octanol–water partition coefficient (Wildman–Crippen LogP) is 4.41. The number of halogens is 1. The molecule has 0 radical (unpaired) electrons. The molecule has 1 atom stereocenters. The smallest absolute Gasteiger partial charge is 0.261 e. The number of amides is 1. The number of rotatable bonds is 8. The van der Waals surface area contributed by atoms with Crippen molar-refractivity contribution < 1.29 is 9.53 Å². The summed E-state index contributed by atoms with van der Waals surface area (Å²) in [7, 11) is 0. The molecule has 3 nitrogen and oxygen atoms in total. The minimum Gasteiger partial charge on any atom is -0.481 e. The van der Waals surface area contributed by atoms with Gasteiger partial charge in [-0.15, -0.1) is 11.8 Å². The van der Waals surface area contributed by atoms with Crippen LogP contribution < -0.4 is 10.1 Å². The molecule has 0 aliphatic heterocycles. The molecule has 0 spiro atoms. The molecule has 1 N–H and O–H groups in total. The minimum atomic E-state index is -0.504. The summed E-state index contributed by atoms with van der Waals surface area (Å²) in [6.45, 7) is 2.53. The third kappa shape index (κ3) is 6.16. The van der Waals surface area contributed by atoms with Gasteiger partial charge in [-0.2, -0.15) is 0 Å². The van der Waals surface area contributed by atoms with E-state index >= 15 is 0 Å². The van der Waals surface area contributed by atoms with Crippen LogP contribution in [0.5, 0.6) is 5.75 Å². The largest absolute Gasteiger partial charge is 0.481 e. The van der Waals surface area contributed by atoms with Crippen LogP contribution in [0.25, 0.3) is 0 Å². The molecule has 0 heterocycles. The van der Waals surface area contributed by atoms with E-state index in [-0.39, 0.29) is 5.91 Å². The lowest BCUT2D eigenvalue weighted by Crippen LogP contribution is -2.39. The summed E-state index contributed by atoms with van der Waals surface area (Å²) in [6, 6.07) is 17.2. The number of thioether (sulfide) groups is 1. The van der Waals surface area contributed by atoms with Crippen LogP contribution in [0.3, 0.4) is 0 Å². The Bertz CT molecular complexity index is 621. The van der Waals surface area contributed by atoms with E-state index in [4.69, 9.17) is 16.3 Å². The second kappa shape index (κ2) is 9.48. The molecule has 0 saturated heterocycles. The molecule has 5 heteroatoms. The molecule has 2 aromatic rings. The number of nitrogens with one attached hydrogen (secondary N) is 1. The van der Waals surface area contributed by atoms with Gasteiger partial charge in [-0.05, 0) is 36.8 Å². The number of hydrogen-bond donors (Lipinski definition) is 1. The Morgan fingerprint density at radius 2 is 2.00 bits per heavy atom. The first kappa shape index (κ1) is 17.7. The molecule has 0 fully saturated rings. The van der Waals surface area contributed by atoms with E-state index in [1.54, 1.807) is 36.0 Å². The first-order chi connectivity index (χ1) is 11.2. The molecular weight excluding hydrogens is 330 g/mol. The number of benzene rings is 2. The van der Waals surface area contributed by atoms with E-state index in [1.165, 1.54) is 4.90 Å². The van der Waals surface area contributed by atoms with Gasteiger partial charge in [0, 0.05) is 22.2 Å². The van der Waals surface area contributed by atoms with Crippen molar-refractivity contribution in [1.82, 2.24) is 5.32 Å². The number of hydrogen-bond acceptors (Lipinski definition) is 3. The second-order valence-electron chi connectivity index (χ2n) is 4.92. The molecule has 2 aromatic carbocycles. The highest BCUT2D eigenvalue weighted by Crippen LogP contribution is 2.19. The van der Waals surface area contributed by atoms with E-state index in [0.717, 1.165) is 5.75 Å². The van der Waals surface area contributed by atoms with E-state index in [0.29, 0.717) is 23.7 Å². The van der Waals surface area contributed by atoms with Crippen LogP contribution in [0.1, 0.15) is 13.3 Å².